The molecular formula is C39H41ClF3N7O3S. The Kier molecular flexibility index (Phi) is 8.50. The molecule has 1 aliphatic carbocycles. The summed E-state index contributed by atoms with van der Waals surface area (Å²) < 4.78 is 53.4. The molecule has 4 saturated heterocycles. The number of benzene rings is 2. The molecule has 2 aromatic heterocycles. The van der Waals surface area contributed by atoms with Gasteiger partial charge in [0.15, 0.2) is 5.82 Å². The van der Waals surface area contributed by atoms with Crippen LogP contribution in [0.4, 0.5) is 24.0 Å². The molecule has 54 heavy (non-hydrogen) atoms. The third-order valence-corrected chi connectivity index (χ3v) is 14.0. The van der Waals surface area contributed by atoms with Gasteiger partial charge in [0.05, 0.1) is 20.8 Å². The van der Waals surface area contributed by atoms with Crippen molar-refractivity contribution in [3.63, 3.8) is 0 Å². The number of aliphatic hydroxyl groups is 1. The van der Waals surface area contributed by atoms with E-state index in [4.69, 9.17) is 27.1 Å². The summed E-state index contributed by atoms with van der Waals surface area (Å²) in [4.78, 5) is 28.9. The smallest absolute Gasteiger partial charge is 0.319 e. The molecule has 4 aromatic rings. The minimum atomic E-state index is -1.37. The second-order valence-corrected chi connectivity index (χ2v) is 17.8. The summed E-state index contributed by atoms with van der Waals surface area (Å²) in [6.45, 7) is 4.99. The number of ether oxygens (including phenoxy) is 1. The van der Waals surface area contributed by atoms with Gasteiger partial charge in [-0.3, -0.25) is 9.69 Å². The summed E-state index contributed by atoms with van der Waals surface area (Å²) in [6.07, 6.45) is 5.37. The van der Waals surface area contributed by atoms with Gasteiger partial charge in [-0.25, -0.2) is 13.2 Å². The van der Waals surface area contributed by atoms with Crippen molar-refractivity contribution in [2.45, 2.75) is 75.6 Å². The average Bonchev–Trinajstić information content (AvgIpc) is 3.81. The molecule has 0 radical (unpaired) electrons. The quantitative estimate of drug-likeness (QED) is 0.207. The minimum Gasteiger partial charge on any atom is -0.461 e. The number of fused-ring (bicyclic) bond motifs is 3. The van der Waals surface area contributed by atoms with Crippen molar-refractivity contribution in [2.24, 2.45) is 11.3 Å². The van der Waals surface area contributed by atoms with Crippen LogP contribution < -0.4 is 15.4 Å². The molecule has 1 unspecified atom stereocenters. The Morgan fingerprint density at radius 1 is 1.19 bits per heavy atom. The van der Waals surface area contributed by atoms with Crippen LogP contribution in [-0.2, 0) is 4.79 Å². The van der Waals surface area contributed by atoms with E-state index in [1.807, 2.05) is 6.07 Å². The second-order valence-electron chi connectivity index (χ2n) is 16.4. The van der Waals surface area contributed by atoms with Gasteiger partial charge in [0.1, 0.15) is 46.6 Å². The number of nitrogen functional groups attached to an aromatic ring is 1. The number of carbonyl (C=O) groups is 1. The van der Waals surface area contributed by atoms with Gasteiger partial charge in [-0.15, -0.1) is 11.3 Å². The first-order valence-corrected chi connectivity index (χ1v) is 19.9. The first-order valence-electron chi connectivity index (χ1n) is 18.7. The van der Waals surface area contributed by atoms with Gasteiger partial charge < -0.3 is 25.4 Å². The molecular weight excluding hydrogens is 739 g/mol. The van der Waals surface area contributed by atoms with Crippen LogP contribution >= 0.6 is 22.9 Å². The highest BCUT2D eigenvalue weighted by atomic mass is 35.5. The Balaban J connectivity index is 1.13. The number of nitrogens with zero attached hydrogens (tertiary/aromatic N) is 6. The maximum Gasteiger partial charge on any atom is 0.319 e. The highest BCUT2D eigenvalue weighted by Gasteiger charge is 2.54. The number of aromatic nitrogens is 2. The van der Waals surface area contributed by atoms with E-state index >= 15 is 8.78 Å². The van der Waals surface area contributed by atoms with E-state index in [-0.39, 0.29) is 72.2 Å². The summed E-state index contributed by atoms with van der Waals surface area (Å²) in [5.74, 6) is -1.19. The van der Waals surface area contributed by atoms with Crippen LogP contribution in [0.1, 0.15) is 63.9 Å². The lowest BCUT2D eigenvalue weighted by Crippen LogP contribution is -2.65. The number of amides is 1. The molecule has 284 valence electrons. The molecule has 3 atom stereocenters. The molecule has 6 heterocycles. The number of hydrogen-bond donors (Lipinski definition) is 2. The molecule has 1 spiro atoms. The van der Waals surface area contributed by atoms with E-state index in [2.05, 4.69) is 14.8 Å². The summed E-state index contributed by atoms with van der Waals surface area (Å²) in [5.41, 5.74) is 4.11. The number of hydrogen-bond acceptors (Lipinski definition) is 10. The standard InChI is InChI=1S/C39H41ClF3N7O3S/c1-37(52,21-5-6-21)35(51)49-18-38(19-49)9-2-3-11-48(17-38)34-24-13-26(40)29(23-7-8-27(42)32-28(23)25(15-44)33(45)54-32)30(43)31(24)46-36(47-34)53-20-39-10-4-12-50(39)16-22(41)14-39/h7-8,13,21-22,52H,2-6,9-12,14,16-20,45H2,1H3/t22-,37?,39+/m1/s1. The lowest BCUT2D eigenvalue weighted by atomic mass is 9.75. The Bertz CT molecular complexity index is 2250. The van der Waals surface area contributed by atoms with E-state index < -0.39 is 28.9 Å². The van der Waals surface area contributed by atoms with E-state index in [9.17, 15) is 19.6 Å². The number of nitrogens with two attached hydrogens (primary N) is 1. The van der Waals surface area contributed by atoms with E-state index in [0.29, 0.717) is 50.3 Å². The monoisotopic (exact) mass is 779 g/mol. The number of carbonyl (C=O) groups excluding carboxylic acids is 1. The molecule has 5 aliphatic rings. The zero-order chi connectivity index (χ0) is 37.7. The number of rotatable bonds is 7. The van der Waals surface area contributed by atoms with Crippen LogP contribution in [-0.4, -0.2) is 94.0 Å². The zero-order valence-corrected chi connectivity index (χ0v) is 31.5. The maximum absolute atomic E-state index is 17.3. The van der Waals surface area contributed by atoms with Crippen molar-refractivity contribution in [3.8, 4) is 23.2 Å². The second kappa shape index (κ2) is 12.8. The predicted molar refractivity (Wildman–Crippen MR) is 201 cm³/mol. The fourth-order valence-corrected chi connectivity index (χ4v) is 11.0. The fraction of sp³-hybridized carbons (Fsp3) is 0.538. The van der Waals surface area contributed by atoms with Crippen molar-refractivity contribution in [1.82, 2.24) is 19.8 Å². The van der Waals surface area contributed by atoms with Gasteiger partial charge in [-0.05, 0) is 75.6 Å². The van der Waals surface area contributed by atoms with E-state index in [1.54, 1.807) is 17.9 Å². The Morgan fingerprint density at radius 2 is 1.98 bits per heavy atom. The first-order chi connectivity index (χ1) is 25.8. The molecule has 3 N–H and O–H groups in total. The molecule has 5 fully saturated rings. The first kappa shape index (κ1) is 35.8. The fourth-order valence-electron chi connectivity index (χ4n) is 9.72. The Morgan fingerprint density at radius 3 is 2.74 bits per heavy atom. The zero-order valence-electron chi connectivity index (χ0n) is 29.9. The summed E-state index contributed by atoms with van der Waals surface area (Å²) in [7, 11) is 0. The van der Waals surface area contributed by atoms with Crippen LogP contribution in [0.3, 0.4) is 0 Å². The van der Waals surface area contributed by atoms with Crippen molar-refractivity contribution in [2.75, 3.05) is 56.5 Å². The average molecular weight is 780 g/mol. The molecule has 9 rings (SSSR count). The van der Waals surface area contributed by atoms with Gasteiger partial charge >= 0.3 is 6.01 Å². The van der Waals surface area contributed by atoms with Crippen molar-refractivity contribution in [1.29, 1.82) is 5.26 Å². The van der Waals surface area contributed by atoms with E-state index in [0.717, 1.165) is 62.8 Å². The van der Waals surface area contributed by atoms with Crippen molar-refractivity contribution in [3.05, 3.63) is 40.4 Å². The van der Waals surface area contributed by atoms with Crippen LogP contribution in [0.2, 0.25) is 5.02 Å². The van der Waals surface area contributed by atoms with Crippen LogP contribution in [0.25, 0.3) is 32.1 Å². The number of anilines is 2. The Hall–Kier alpha value is -3.90. The lowest BCUT2D eigenvalue weighted by Gasteiger charge is -2.53. The van der Waals surface area contributed by atoms with Gasteiger partial charge in [0.25, 0.3) is 5.91 Å². The normalized spacial score (nSPS) is 25.1. The maximum atomic E-state index is 17.3. The third-order valence-electron chi connectivity index (χ3n) is 12.6. The number of alkyl halides is 1. The number of likely N-dealkylation sites (tertiary alicyclic amines) is 1. The summed E-state index contributed by atoms with van der Waals surface area (Å²) in [6, 6.07) is 6.19. The topological polar surface area (TPSA) is 132 Å². The van der Waals surface area contributed by atoms with Gasteiger partial charge in [0, 0.05) is 60.9 Å². The minimum absolute atomic E-state index is 0.00649. The SMILES string of the molecule is CC(O)(C(=O)N1CC2(CCCCN(c3nc(OC[C@@]45CCCN4C[C@H](F)C5)nc4c(F)c(-c5ccc(F)c6sc(N)c(C#N)c56)c(Cl)cc34)C2)C1)C1CC1. The van der Waals surface area contributed by atoms with Crippen LogP contribution in [0.5, 0.6) is 6.01 Å². The van der Waals surface area contributed by atoms with Crippen molar-refractivity contribution < 1.29 is 27.8 Å². The highest BCUT2D eigenvalue weighted by Crippen LogP contribution is 2.48. The number of halogens is 4. The lowest BCUT2D eigenvalue weighted by molar-refractivity contribution is -0.164. The van der Waals surface area contributed by atoms with Gasteiger partial charge in [-0.1, -0.05) is 24.1 Å². The van der Waals surface area contributed by atoms with Crippen molar-refractivity contribution >= 4 is 60.7 Å². The molecule has 0 bridgehead atoms. The van der Waals surface area contributed by atoms with E-state index in [1.165, 1.54) is 12.1 Å². The predicted octanol–water partition coefficient (Wildman–Crippen LogP) is 6.83. The number of nitriles is 1. The largest absolute Gasteiger partial charge is 0.461 e. The third kappa shape index (κ3) is 5.68. The van der Waals surface area contributed by atoms with Crippen LogP contribution in [0, 0.1) is 34.3 Å². The molecule has 4 aliphatic heterocycles. The van der Waals surface area contributed by atoms with Crippen LogP contribution in [0.15, 0.2) is 18.2 Å². The summed E-state index contributed by atoms with van der Waals surface area (Å²) in [5, 5.41) is 21.6. The van der Waals surface area contributed by atoms with Gasteiger partial charge in [0.2, 0.25) is 0 Å². The summed E-state index contributed by atoms with van der Waals surface area (Å²) >= 11 is 7.87. The molecule has 1 saturated carbocycles. The van der Waals surface area contributed by atoms with Gasteiger partial charge in [-0.2, -0.15) is 15.2 Å². The molecule has 2 aromatic carbocycles. The highest BCUT2D eigenvalue weighted by molar-refractivity contribution is 7.23. The number of thiophene rings is 1. The molecule has 15 heteroatoms. The molecule has 1 amide bonds. The Labute approximate surface area is 319 Å². The molecule has 10 nitrogen and oxygen atoms in total.